The highest BCUT2D eigenvalue weighted by atomic mass is 79.9. The van der Waals surface area contributed by atoms with E-state index in [1.165, 1.54) is 6.07 Å². The van der Waals surface area contributed by atoms with E-state index in [-0.39, 0.29) is 5.69 Å². The van der Waals surface area contributed by atoms with Crippen molar-refractivity contribution in [1.29, 1.82) is 0 Å². The first-order valence-corrected chi connectivity index (χ1v) is 6.02. The third-order valence-electron chi connectivity index (χ3n) is 1.95. The molecule has 1 aromatic carbocycles. The minimum Gasteiger partial charge on any atom is -0.380 e. The number of anilines is 1. The van der Waals surface area contributed by atoms with Gasteiger partial charge in [-0.1, -0.05) is 22.5 Å². The predicted octanol–water partition coefficient (Wildman–Crippen LogP) is 3.99. The summed E-state index contributed by atoms with van der Waals surface area (Å²) in [6.07, 6.45) is 0. The molecule has 0 aromatic heterocycles. The van der Waals surface area contributed by atoms with Crippen molar-refractivity contribution in [3.8, 4) is 0 Å². The van der Waals surface area contributed by atoms with Crippen molar-refractivity contribution in [2.75, 3.05) is 11.9 Å². The molecule has 1 N–H and O–H groups in total. The maximum absolute atomic E-state index is 10.7. The van der Waals surface area contributed by atoms with Crippen LogP contribution in [0.3, 0.4) is 0 Å². The number of nitro benzene ring substituents is 1. The molecule has 1 rings (SSSR count). The average Bonchev–Trinajstić information content (AvgIpc) is 2.18. The van der Waals surface area contributed by atoms with E-state index in [2.05, 4.69) is 43.8 Å². The molecule has 0 aliphatic rings. The van der Waals surface area contributed by atoms with Gasteiger partial charge in [0, 0.05) is 32.8 Å². The number of benzene rings is 1. The smallest absolute Gasteiger partial charge is 0.273 e. The first-order valence-electron chi connectivity index (χ1n) is 4.43. The van der Waals surface area contributed by atoms with Crippen molar-refractivity contribution in [3.05, 3.63) is 43.3 Å². The van der Waals surface area contributed by atoms with Crippen LogP contribution < -0.4 is 5.32 Å². The average molecular weight is 350 g/mol. The first-order chi connectivity index (χ1) is 7.41. The number of nitrogens with zero attached hydrogens (tertiary/aromatic N) is 1. The molecule has 0 saturated heterocycles. The van der Waals surface area contributed by atoms with Crippen molar-refractivity contribution < 1.29 is 4.92 Å². The molecule has 86 valence electrons. The summed E-state index contributed by atoms with van der Waals surface area (Å²) >= 11 is 6.52. The maximum atomic E-state index is 10.7. The summed E-state index contributed by atoms with van der Waals surface area (Å²) in [5.41, 5.74) is 1.54. The second kappa shape index (κ2) is 5.45. The second-order valence-electron chi connectivity index (χ2n) is 3.25. The summed E-state index contributed by atoms with van der Waals surface area (Å²) in [6.45, 7) is 5.97. The van der Waals surface area contributed by atoms with Crippen LogP contribution in [0.1, 0.15) is 5.56 Å². The highest BCUT2D eigenvalue weighted by Crippen LogP contribution is 2.30. The molecule has 1 aromatic rings. The fourth-order valence-corrected chi connectivity index (χ4v) is 1.81. The molecule has 16 heavy (non-hydrogen) atoms. The SMILES string of the molecule is C=C(Br)CNc1cc(C)c([N+](=O)[O-])cc1Br. The van der Waals surface area contributed by atoms with Gasteiger partial charge in [0.25, 0.3) is 5.69 Å². The van der Waals surface area contributed by atoms with Gasteiger partial charge < -0.3 is 5.32 Å². The van der Waals surface area contributed by atoms with Gasteiger partial charge in [0.1, 0.15) is 0 Å². The van der Waals surface area contributed by atoms with Gasteiger partial charge in [-0.05, 0) is 28.9 Å². The predicted molar refractivity (Wildman–Crippen MR) is 72.1 cm³/mol. The quantitative estimate of drug-likeness (QED) is 0.660. The van der Waals surface area contributed by atoms with Crippen LogP contribution >= 0.6 is 31.9 Å². The van der Waals surface area contributed by atoms with Gasteiger partial charge in [0.05, 0.1) is 4.92 Å². The molecule has 0 spiro atoms. The number of hydrogen-bond acceptors (Lipinski definition) is 3. The lowest BCUT2D eigenvalue weighted by atomic mass is 10.2. The maximum Gasteiger partial charge on any atom is 0.273 e. The molecule has 0 radical (unpaired) electrons. The third kappa shape index (κ3) is 3.31. The summed E-state index contributed by atoms with van der Waals surface area (Å²) in [7, 11) is 0. The number of nitrogens with one attached hydrogen (secondary N) is 1. The summed E-state index contributed by atoms with van der Waals surface area (Å²) in [5.74, 6) is 0. The minimum atomic E-state index is -0.396. The van der Waals surface area contributed by atoms with Crippen molar-refractivity contribution >= 4 is 43.2 Å². The van der Waals surface area contributed by atoms with Crippen molar-refractivity contribution in [2.45, 2.75) is 6.92 Å². The Bertz CT molecular complexity index is 447. The van der Waals surface area contributed by atoms with Crippen molar-refractivity contribution in [1.82, 2.24) is 0 Å². The molecule has 0 saturated carbocycles. The van der Waals surface area contributed by atoms with Crippen molar-refractivity contribution in [3.63, 3.8) is 0 Å². The van der Waals surface area contributed by atoms with Crippen LogP contribution in [0.4, 0.5) is 11.4 Å². The van der Waals surface area contributed by atoms with E-state index in [9.17, 15) is 10.1 Å². The van der Waals surface area contributed by atoms with E-state index in [0.717, 1.165) is 10.2 Å². The normalized spacial score (nSPS) is 9.94. The van der Waals surface area contributed by atoms with Gasteiger partial charge in [-0.25, -0.2) is 0 Å². The first kappa shape index (κ1) is 13.2. The van der Waals surface area contributed by atoms with Crippen LogP contribution in [0.25, 0.3) is 0 Å². The number of nitro groups is 1. The Kier molecular flexibility index (Phi) is 4.49. The zero-order valence-electron chi connectivity index (χ0n) is 8.59. The molecular weight excluding hydrogens is 340 g/mol. The fraction of sp³-hybridized carbons (Fsp3) is 0.200. The van der Waals surface area contributed by atoms with E-state index in [4.69, 9.17) is 0 Å². The van der Waals surface area contributed by atoms with E-state index in [1.54, 1.807) is 13.0 Å². The zero-order chi connectivity index (χ0) is 12.3. The molecule has 4 nitrogen and oxygen atoms in total. The lowest BCUT2D eigenvalue weighted by Crippen LogP contribution is -2.02. The molecule has 0 heterocycles. The Morgan fingerprint density at radius 2 is 2.25 bits per heavy atom. The Balaban J connectivity index is 3.01. The zero-order valence-corrected chi connectivity index (χ0v) is 11.8. The number of aryl methyl sites for hydroxylation is 1. The summed E-state index contributed by atoms with van der Waals surface area (Å²) in [6, 6.07) is 3.23. The van der Waals surface area contributed by atoms with Gasteiger partial charge in [-0.3, -0.25) is 10.1 Å². The largest absolute Gasteiger partial charge is 0.380 e. The van der Waals surface area contributed by atoms with E-state index >= 15 is 0 Å². The lowest BCUT2D eigenvalue weighted by molar-refractivity contribution is -0.385. The Labute approximate surface area is 110 Å². The number of hydrogen-bond donors (Lipinski definition) is 1. The van der Waals surface area contributed by atoms with Gasteiger partial charge >= 0.3 is 0 Å². The standard InChI is InChI=1S/C10H10Br2N2O2/c1-6-3-9(13-5-7(2)11)8(12)4-10(6)14(15)16/h3-4,13H,2,5H2,1H3. The lowest BCUT2D eigenvalue weighted by Gasteiger charge is -2.09. The number of halogens is 2. The summed E-state index contributed by atoms with van der Waals surface area (Å²) in [5, 5.41) is 13.8. The minimum absolute atomic E-state index is 0.107. The summed E-state index contributed by atoms with van der Waals surface area (Å²) < 4.78 is 1.48. The topological polar surface area (TPSA) is 55.2 Å². The van der Waals surface area contributed by atoms with Crippen LogP contribution in [0, 0.1) is 17.0 Å². The van der Waals surface area contributed by atoms with E-state index in [0.29, 0.717) is 16.6 Å². The molecular formula is C10H10Br2N2O2. The molecule has 0 aliphatic carbocycles. The molecule has 0 aliphatic heterocycles. The van der Waals surface area contributed by atoms with Crippen LogP contribution in [-0.4, -0.2) is 11.5 Å². The van der Waals surface area contributed by atoms with Crippen molar-refractivity contribution in [2.24, 2.45) is 0 Å². The molecule has 0 bridgehead atoms. The van der Waals surface area contributed by atoms with Gasteiger partial charge in [-0.15, -0.1) is 0 Å². The molecule has 0 atom stereocenters. The Morgan fingerprint density at radius 3 is 2.75 bits per heavy atom. The molecule has 0 amide bonds. The monoisotopic (exact) mass is 348 g/mol. The Hall–Kier alpha value is -0.880. The molecule has 0 unspecified atom stereocenters. The van der Waals surface area contributed by atoms with Crippen LogP contribution in [0.15, 0.2) is 27.7 Å². The van der Waals surface area contributed by atoms with E-state index < -0.39 is 4.92 Å². The van der Waals surface area contributed by atoms with E-state index in [1.807, 2.05) is 0 Å². The fourth-order valence-electron chi connectivity index (χ4n) is 1.19. The molecule has 0 fully saturated rings. The third-order valence-corrected chi connectivity index (χ3v) is 2.89. The van der Waals surface area contributed by atoms with Crippen LogP contribution in [0.2, 0.25) is 0 Å². The highest BCUT2D eigenvalue weighted by Gasteiger charge is 2.13. The van der Waals surface area contributed by atoms with Crippen LogP contribution in [0.5, 0.6) is 0 Å². The van der Waals surface area contributed by atoms with Gasteiger partial charge in [0.2, 0.25) is 0 Å². The van der Waals surface area contributed by atoms with Crippen LogP contribution in [-0.2, 0) is 0 Å². The second-order valence-corrected chi connectivity index (χ2v) is 5.22. The molecule has 6 heteroatoms. The summed E-state index contributed by atoms with van der Waals surface area (Å²) in [4.78, 5) is 10.3. The Morgan fingerprint density at radius 1 is 1.62 bits per heavy atom. The van der Waals surface area contributed by atoms with Gasteiger partial charge in [0.15, 0.2) is 0 Å². The van der Waals surface area contributed by atoms with Gasteiger partial charge in [-0.2, -0.15) is 0 Å². The number of rotatable bonds is 4. The highest BCUT2D eigenvalue weighted by molar-refractivity contribution is 9.11.